The molecule has 0 fully saturated rings. The van der Waals surface area contributed by atoms with E-state index in [-0.39, 0.29) is 5.56 Å². The number of pyridine rings is 1. The lowest BCUT2D eigenvalue weighted by Gasteiger charge is -2.07. The fourth-order valence-electron chi connectivity index (χ4n) is 1.97. The second-order valence-corrected chi connectivity index (χ2v) is 5.57. The second kappa shape index (κ2) is 5.34. The predicted molar refractivity (Wildman–Crippen MR) is 82.1 cm³/mol. The highest BCUT2D eigenvalue weighted by Crippen LogP contribution is 2.17. The Labute approximate surface area is 128 Å². The molecule has 0 saturated carbocycles. The van der Waals surface area contributed by atoms with Crippen molar-refractivity contribution in [1.82, 2.24) is 14.8 Å². The van der Waals surface area contributed by atoms with Gasteiger partial charge in [-0.15, -0.1) is 0 Å². The van der Waals surface area contributed by atoms with Gasteiger partial charge in [-0.25, -0.2) is 9.67 Å². The van der Waals surface area contributed by atoms with Gasteiger partial charge in [-0.05, 0) is 24.3 Å². The van der Waals surface area contributed by atoms with Crippen molar-refractivity contribution in [3.63, 3.8) is 0 Å². The van der Waals surface area contributed by atoms with Crippen molar-refractivity contribution in [2.75, 3.05) is 0 Å². The molecule has 0 N–H and O–H groups in total. The van der Waals surface area contributed by atoms with Crippen LogP contribution in [0.25, 0.3) is 10.8 Å². The van der Waals surface area contributed by atoms with Crippen LogP contribution in [0, 0.1) is 0 Å². The lowest BCUT2D eigenvalue weighted by atomic mass is 10.2. The zero-order valence-corrected chi connectivity index (χ0v) is 12.6. The highest BCUT2D eigenvalue weighted by atomic mass is 79.9. The molecule has 2 heterocycles. The first-order valence-electron chi connectivity index (χ1n) is 5.90. The Morgan fingerprint density at radius 1 is 1.30 bits per heavy atom. The van der Waals surface area contributed by atoms with Crippen molar-refractivity contribution in [2.24, 2.45) is 0 Å². The molecule has 3 rings (SSSR count). The summed E-state index contributed by atoms with van der Waals surface area (Å²) < 4.78 is 2.30. The van der Waals surface area contributed by atoms with E-state index in [1.54, 1.807) is 24.5 Å². The largest absolute Gasteiger partial charge is 0.274 e. The van der Waals surface area contributed by atoms with E-state index in [1.165, 1.54) is 4.68 Å². The van der Waals surface area contributed by atoms with E-state index in [4.69, 9.17) is 11.6 Å². The van der Waals surface area contributed by atoms with E-state index >= 15 is 0 Å². The van der Waals surface area contributed by atoms with Crippen LogP contribution in [0.15, 0.2) is 52.0 Å². The lowest BCUT2D eigenvalue weighted by molar-refractivity contribution is 0.646. The molecule has 20 heavy (non-hydrogen) atoms. The normalized spacial score (nSPS) is 10.9. The van der Waals surface area contributed by atoms with Gasteiger partial charge in [-0.3, -0.25) is 4.79 Å². The van der Waals surface area contributed by atoms with Crippen LogP contribution in [-0.4, -0.2) is 14.8 Å². The smallest absolute Gasteiger partial charge is 0.267 e. The van der Waals surface area contributed by atoms with Gasteiger partial charge in [-0.2, -0.15) is 5.10 Å². The summed E-state index contributed by atoms with van der Waals surface area (Å²) in [6.07, 6.45) is 3.28. The van der Waals surface area contributed by atoms with Gasteiger partial charge in [0.15, 0.2) is 0 Å². The molecule has 0 radical (unpaired) electrons. The molecular formula is C14H9BrClN3O. The first-order valence-corrected chi connectivity index (χ1v) is 7.07. The van der Waals surface area contributed by atoms with Gasteiger partial charge in [0.25, 0.3) is 5.56 Å². The summed E-state index contributed by atoms with van der Waals surface area (Å²) in [7, 11) is 0. The summed E-state index contributed by atoms with van der Waals surface area (Å²) in [5, 5.41) is 6.00. The number of benzene rings is 1. The van der Waals surface area contributed by atoms with Gasteiger partial charge in [-0.1, -0.05) is 33.6 Å². The van der Waals surface area contributed by atoms with Crippen LogP contribution in [-0.2, 0) is 6.54 Å². The number of fused-ring (bicyclic) bond motifs is 1. The van der Waals surface area contributed by atoms with Crippen molar-refractivity contribution in [2.45, 2.75) is 6.54 Å². The second-order valence-electron chi connectivity index (χ2n) is 4.29. The first kappa shape index (κ1) is 13.3. The third kappa shape index (κ3) is 2.46. The van der Waals surface area contributed by atoms with Crippen LogP contribution < -0.4 is 5.56 Å². The lowest BCUT2D eigenvalue weighted by Crippen LogP contribution is -2.23. The molecule has 100 valence electrons. The molecule has 0 aliphatic carbocycles. The van der Waals surface area contributed by atoms with Gasteiger partial charge >= 0.3 is 0 Å². The summed E-state index contributed by atoms with van der Waals surface area (Å²) in [5.74, 6) is 0. The molecule has 0 amide bonds. The molecule has 4 nitrogen and oxygen atoms in total. The number of halogens is 2. The minimum Gasteiger partial charge on any atom is -0.267 e. The Kier molecular flexibility index (Phi) is 3.54. The molecule has 0 spiro atoms. The Morgan fingerprint density at radius 2 is 2.15 bits per heavy atom. The number of nitrogens with zero attached hydrogens (tertiary/aromatic N) is 3. The van der Waals surface area contributed by atoms with Crippen LogP contribution >= 0.6 is 27.5 Å². The number of aromatic nitrogens is 3. The highest BCUT2D eigenvalue weighted by molar-refractivity contribution is 9.10. The molecule has 0 aliphatic heterocycles. The van der Waals surface area contributed by atoms with Crippen LogP contribution in [0.2, 0.25) is 5.15 Å². The first-order chi connectivity index (χ1) is 9.65. The summed E-state index contributed by atoms with van der Waals surface area (Å²) in [5.41, 5.74) is 0.621. The summed E-state index contributed by atoms with van der Waals surface area (Å²) in [6.45, 7) is 0.303. The Balaban J connectivity index is 2.09. The van der Waals surface area contributed by atoms with E-state index in [0.29, 0.717) is 17.1 Å². The van der Waals surface area contributed by atoms with Crippen LogP contribution in [0.3, 0.4) is 0 Å². The van der Waals surface area contributed by atoms with E-state index in [2.05, 4.69) is 26.0 Å². The van der Waals surface area contributed by atoms with Gasteiger partial charge in [0.2, 0.25) is 0 Å². The van der Waals surface area contributed by atoms with E-state index in [9.17, 15) is 4.79 Å². The average molecular weight is 351 g/mol. The monoisotopic (exact) mass is 349 g/mol. The van der Waals surface area contributed by atoms with Gasteiger partial charge in [0.1, 0.15) is 5.15 Å². The van der Waals surface area contributed by atoms with Gasteiger partial charge in [0.05, 0.1) is 18.1 Å². The van der Waals surface area contributed by atoms with Crippen molar-refractivity contribution in [1.29, 1.82) is 0 Å². The summed E-state index contributed by atoms with van der Waals surface area (Å²) >= 11 is 9.38. The molecule has 3 aromatic rings. The van der Waals surface area contributed by atoms with Gasteiger partial charge in [0, 0.05) is 21.6 Å². The van der Waals surface area contributed by atoms with E-state index in [0.717, 1.165) is 15.4 Å². The maximum absolute atomic E-state index is 12.4. The Hall–Kier alpha value is -1.72. The molecule has 0 bridgehead atoms. The maximum Gasteiger partial charge on any atom is 0.274 e. The van der Waals surface area contributed by atoms with Gasteiger partial charge < -0.3 is 0 Å². The molecule has 2 aromatic heterocycles. The predicted octanol–water partition coefficient (Wildman–Crippen LogP) is 3.26. The maximum atomic E-state index is 12.4. The molecule has 0 unspecified atom stereocenters. The molecule has 0 aliphatic rings. The van der Waals surface area contributed by atoms with Crippen molar-refractivity contribution in [3.05, 3.63) is 68.3 Å². The molecule has 6 heteroatoms. The topological polar surface area (TPSA) is 47.8 Å². The third-order valence-corrected chi connectivity index (χ3v) is 3.80. The molecule has 0 saturated heterocycles. The van der Waals surface area contributed by atoms with Crippen molar-refractivity contribution >= 4 is 38.3 Å². The average Bonchev–Trinajstić information content (AvgIpc) is 2.44. The fraction of sp³-hybridized carbons (Fsp3) is 0.0714. The minimum absolute atomic E-state index is 0.144. The summed E-state index contributed by atoms with van der Waals surface area (Å²) in [4.78, 5) is 16.4. The summed E-state index contributed by atoms with van der Waals surface area (Å²) in [6, 6.07) is 9.10. The van der Waals surface area contributed by atoms with Crippen molar-refractivity contribution < 1.29 is 0 Å². The highest BCUT2D eigenvalue weighted by Gasteiger charge is 2.07. The van der Waals surface area contributed by atoms with E-state index < -0.39 is 0 Å². The SMILES string of the molecule is O=c1c2ccc(Br)cc2cnn1Cc1cccnc1Cl. The van der Waals surface area contributed by atoms with E-state index in [1.807, 2.05) is 18.2 Å². The standard InChI is InChI=1S/C14H9BrClN3O/c15-11-3-4-12-10(6-11)7-18-19(14(12)20)8-9-2-1-5-17-13(9)16/h1-7H,8H2. The zero-order valence-electron chi connectivity index (χ0n) is 10.3. The number of hydrogen-bond acceptors (Lipinski definition) is 3. The number of hydrogen-bond donors (Lipinski definition) is 0. The quantitative estimate of drug-likeness (QED) is 0.667. The third-order valence-electron chi connectivity index (χ3n) is 2.97. The fourth-order valence-corrected chi connectivity index (χ4v) is 2.53. The molecule has 1 aromatic carbocycles. The zero-order chi connectivity index (χ0) is 14.1. The Bertz CT molecular complexity index is 847. The van der Waals surface area contributed by atoms with Crippen LogP contribution in [0.1, 0.15) is 5.56 Å². The minimum atomic E-state index is -0.144. The number of rotatable bonds is 2. The van der Waals surface area contributed by atoms with Crippen LogP contribution in [0.5, 0.6) is 0 Å². The van der Waals surface area contributed by atoms with Crippen LogP contribution in [0.4, 0.5) is 0 Å². The Morgan fingerprint density at radius 3 is 2.95 bits per heavy atom. The molecule has 0 atom stereocenters. The molecular weight excluding hydrogens is 342 g/mol. The van der Waals surface area contributed by atoms with Crippen molar-refractivity contribution in [3.8, 4) is 0 Å².